The van der Waals surface area contributed by atoms with Gasteiger partial charge in [-0.25, -0.2) is 0 Å². The van der Waals surface area contributed by atoms with Crippen molar-refractivity contribution < 1.29 is 14.6 Å². The SMILES string of the molecule is CO[C@@]12CCC[C@]1(C(O)(c1ccccc1)c1ccccc1)CCO2. The molecule has 1 saturated heterocycles. The molecule has 2 aliphatic rings. The monoisotopic (exact) mass is 324 g/mol. The summed E-state index contributed by atoms with van der Waals surface area (Å²) >= 11 is 0. The van der Waals surface area contributed by atoms with E-state index in [9.17, 15) is 5.11 Å². The normalized spacial score (nSPS) is 29.6. The van der Waals surface area contributed by atoms with E-state index in [0.29, 0.717) is 6.61 Å². The summed E-state index contributed by atoms with van der Waals surface area (Å²) in [6.45, 7) is 0.621. The number of ether oxygens (including phenoxy) is 2. The maximum absolute atomic E-state index is 12.3. The smallest absolute Gasteiger partial charge is 0.176 e. The second-order valence-corrected chi connectivity index (χ2v) is 6.93. The van der Waals surface area contributed by atoms with Crippen molar-refractivity contribution in [3.63, 3.8) is 0 Å². The number of rotatable bonds is 4. The van der Waals surface area contributed by atoms with E-state index in [-0.39, 0.29) is 0 Å². The zero-order chi connectivity index (χ0) is 16.7. The molecule has 2 aromatic carbocycles. The van der Waals surface area contributed by atoms with Gasteiger partial charge in [0.05, 0.1) is 12.0 Å². The molecule has 0 unspecified atom stereocenters. The molecule has 4 rings (SSSR count). The van der Waals surface area contributed by atoms with E-state index in [1.807, 2.05) is 60.7 Å². The van der Waals surface area contributed by atoms with Gasteiger partial charge < -0.3 is 14.6 Å². The summed E-state index contributed by atoms with van der Waals surface area (Å²) in [5.74, 6) is -0.715. The lowest BCUT2D eigenvalue weighted by atomic mass is 9.61. The lowest BCUT2D eigenvalue weighted by Gasteiger charge is -2.50. The summed E-state index contributed by atoms with van der Waals surface area (Å²) in [4.78, 5) is 0. The van der Waals surface area contributed by atoms with Crippen LogP contribution in [0.2, 0.25) is 0 Å². The first-order valence-electron chi connectivity index (χ1n) is 8.71. The maximum Gasteiger partial charge on any atom is 0.176 e. The number of benzene rings is 2. The van der Waals surface area contributed by atoms with E-state index in [2.05, 4.69) is 0 Å². The minimum atomic E-state index is -1.14. The van der Waals surface area contributed by atoms with Crippen molar-refractivity contribution in [2.24, 2.45) is 5.41 Å². The molecule has 0 aromatic heterocycles. The van der Waals surface area contributed by atoms with E-state index < -0.39 is 16.8 Å². The van der Waals surface area contributed by atoms with Crippen molar-refractivity contribution in [1.82, 2.24) is 0 Å². The molecule has 1 saturated carbocycles. The van der Waals surface area contributed by atoms with Crippen molar-refractivity contribution in [3.8, 4) is 0 Å². The molecule has 3 nitrogen and oxygen atoms in total. The van der Waals surface area contributed by atoms with Crippen molar-refractivity contribution in [3.05, 3.63) is 71.8 Å². The predicted molar refractivity (Wildman–Crippen MR) is 92.5 cm³/mol. The molecular formula is C21H24O3. The van der Waals surface area contributed by atoms with Crippen molar-refractivity contribution in [2.45, 2.75) is 37.1 Å². The third kappa shape index (κ3) is 1.89. The minimum absolute atomic E-state index is 0.475. The summed E-state index contributed by atoms with van der Waals surface area (Å²) in [5, 5.41) is 12.3. The van der Waals surface area contributed by atoms with Crippen LogP contribution in [0.25, 0.3) is 0 Å². The van der Waals surface area contributed by atoms with Gasteiger partial charge in [0.25, 0.3) is 0 Å². The van der Waals surface area contributed by atoms with Crippen molar-refractivity contribution >= 4 is 0 Å². The summed E-state index contributed by atoms with van der Waals surface area (Å²) in [7, 11) is 1.71. The van der Waals surface area contributed by atoms with Crippen LogP contribution in [0.15, 0.2) is 60.7 Å². The van der Waals surface area contributed by atoms with E-state index in [4.69, 9.17) is 9.47 Å². The summed E-state index contributed by atoms with van der Waals surface area (Å²) < 4.78 is 12.1. The second-order valence-electron chi connectivity index (χ2n) is 6.93. The van der Waals surface area contributed by atoms with Gasteiger partial charge in [-0.05, 0) is 30.4 Å². The van der Waals surface area contributed by atoms with E-state index in [1.54, 1.807) is 7.11 Å². The molecule has 2 aromatic rings. The van der Waals surface area contributed by atoms with Gasteiger partial charge in [0.15, 0.2) is 5.79 Å². The van der Waals surface area contributed by atoms with Crippen LogP contribution in [-0.2, 0) is 15.1 Å². The van der Waals surface area contributed by atoms with Gasteiger partial charge in [-0.3, -0.25) is 0 Å². The van der Waals surface area contributed by atoms with Gasteiger partial charge >= 0.3 is 0 Å². The fourth-order valence-electron chi connectivity index (χ4n) is 5.04. The van der Waals surface area contributed by atoms with Crippen LogP contribution < -0.4 is 0 Å². The minimum Gasteiger partial charge on any atom is -0.380 e. The number of hydrogen-bond acceptors (Lipinski definition) is 3. The molecule has 2 atom stereocenters. The highest BCUT2D eigenvalue weighted by Gasteiger charge is 2.70. The first kappa shape index (κ1) is 15.8. The Bertz CT molecular complexity index is 646. The topological polar surface area (TPSA) is 38.7 Å². The van der Waals surface area contributed by atoms with Gasteiger partial charge in [0.1, 0.15) is 5.60 Å². The average Bonchev–Trinajstić information content (AvgIpc) is 3.19. The van der Waals surface area contributed by atoms with Crippen LogP contribution in [0.3, 0.4) is 0 Å². The van der Waals surface area contributed by atoms with Gasteiger partial charge in [-0.15, -0.1) is 0 Å². The standard InChI is InChI=1S/C21H24O3/c1-23-20-14-8-13-19(20,15-16-24-20)21(22,17-9-4-2-5-10-17)18-11-6-3-7-12-18/h2-7,9-12,22H,8,13-16H2,1H3/t19-,20+/m0/s1. The maximum atomic E-state index is 12.3. The second kappa shape index (κ2) is 5.69. The summed E-state index contributed by atoms with van der Waals surface area (Å²) in [6.07, 6.45) is 3.50. The lowest BCUT2D eigenvalue weighted by molar-refractivity contribution is -0.268. The van der Waals surface area contributed by atoms with E-state index in [1.165, 1.54) is 0 Å². The highest BCUT2D eigenvalue weighted by molar-refractivity contribution is 5.41. The largest absolute Gasteiger partial charge is 0.380 e. The van der Waals surface area contributed by atoms with E-state index in [0.717, 1.165) is 36.8 Å². The Labute approximate surface area is 143 Å². The van der Waals surface area contributed by atoms with Gasteiger partial charge in [-0.1, -0.05) is 60.7 Å². The molecule has 3 heteroatoms. The van der Waals surface area contributed by atoms with Crippen LogP contribution in [0, 0.1) is 5.41 Å². The Kier molecular flexibility index (Phi) is 3.75. The lowest BCUT2D eigenvalue weighted by Crippen LogP contribution is -2.56. The van der Waals surface area contributed by atoms with Gasteiger partial charge in [0.2, 0.25) is 0 Å². The van der Waals surface area contributed by atoms with Crippen LogP contribution >= 0.6 is 0 Å². The molecule has 1 aliphatic carbocycles. The van der Waals surface area contributed by atoms with Crippen LogP contribution in [-0.4, -0.2) is 24.6 Å². The number of methoxy groups -OCH3 is 1. The number of hydrogen-bond donors (Lipinski definition) is 1. The predicted octanol–water partition coefficient (Wildman–Crippen LogP) is 3.86. The molecule has 0 bridgehead atoms. The zero-order valence-electron chi connectivity index (χ0n) is 14.1. The third-order valence-electron chi connectivity index (χ3n) is 6.11. The van der Waals surface area contributed by atoms with Gasteiger partial charge in [-0.2, -0.15) is 0 Å². The van der Waals surface area contributed by atoms with Crippen LogP contribution in [0.5, 0.6) is 0 Å². The molecule has 24 heavy (non-hydrogen) atoms. The average molecular weight is 324 g/mol. The highest BCUT2D eigenvalue weighted by Crippen LogP contribution is 2.65. The Morgan fingerprint density at radius 3 is 2.04 bits per heavy atom. The molecule has 126 valence electrons. The molecule has 1 N–H and O–H groups in total. The fourth-order valence-corrected chi connectivity index (χ4v) is 5.04. The molecular weight excluding hydrogens is 300 g/mol. The fraction of sp³-hybridized carbons (Fsp3) is 0.429. The quantitative estimate of drug-likeness (QED) is 0.928. The molecule has 0 spiro atoms. The molecule has 1 heterocycles. The van der Waals surface area contributed by atoms with Crippen molar-refractivity contribution in [1.29, 1.82) is 0 Å². The first-order chi connectivity index (χ1) is 11.7. The molecule has 1 aliphatic heterocycles. The molecule has 0 amide bonds. The Hall–Kier alpha value is -1.68. The van der Waals surface area contributed by atoms with E-state index >= 15 is 0 Å². The molecule has 0 radical (unpaired) electrons. The zero-order valence-corrected chi connectivity index (χ0v) is 14.1. The van der Waals surface area contributed by atoms with Gasteiger partial charge in [0, 0.05) is 13.5 Å². The van der Waals surface area contributed by atoms with Crippen LogP contribution in [0.4, 0.5) is 0 Å². The van der Waals surface area contributed by atoms with Crippen LogP contribution in [0.1, 0.15) is 36.8 Å². The first-order valence-corrected chi connectivity index (χ1v) is 8.71. The Morgan fingerprint density at radius 2 is 1.50 bits per heavy atom. The number of aliphatic hydroxyl groups is 1. The highest BCUT2D eigenvalue weighted by atomic mass is 16.7. The Balaban J connectivity index is 1.98. The number of fused-ring (bicyclic) bond motifs is 1. The summed E-state index contributed by atoms with van der Waals surface area (Å²) in [5.41, 5.74) is 0.200. The Morgan fingerprint density at radius 1 is 0.917 bits per heavy atom. The molecule has 2 fully saturated rings. The van der Waals surface area contributed by atoms with Crippen molar-refractivity contribution in [2.75, 3.05) is 13.7 Å². The summed E-state index contributed by atoms with van der Waals surface area (Å²) in [6, 6.07) is 20.0. The third-order valence-corrected chi connectivity index (χ3v) is 6.11.